The zero-order chi connectivity index (χ0) is 27.3. The van der Waals surface area contributed by atoms with Gasteiger partial charge in [0.15, 0.2) is 12.1 Å². The lowest BCUT2D eigenvalue weighted by Crippen LogP contribution is -2.40. The number of rotatable bonds is 12. The highest BCUT2D eigenvalue weighted by Gasteiger charge is 2.21. The molecule has 0 aromatic heterocycles. The first-order chi connectivity index (χ1) is 17.3. The summed E-state index contributed by atoms with van der Waals surface area (Å²) in [4.78, 5) is 30.9. The lowest BCUT2D eigenvalue weighted by molar-refractivity contribution is -0.144. The van der Waals surface area contributed by atoms with Gasteiger partial charge in [0.25, 0.3) is 0 Å². The van der Waals surface area contributed by atoms with Gasteiger partial charge in [-0.3, -0.25) is 18.0 Å². The van der Waals surface area contributed by atoms with Crippen LogP contribution in [-0.2, 0) is 59.2 Å². The number of carbonyl (C=O) groups excluding carboxylic acids is 3. The molecule has 0 fully saturated rings. The molecule has 2 rings (SSSR count). The number of esters is 2. The number of hydrogen-bond acceptors (Lipinski definition) is 9. The van der Waals surface area contributed by atoms with E-state index in [0.29, 0.717) is 0 Å². The normalized spacial score (nSPS) is 13.3. The van der Waals surface area contributed by atoms with E-state index >= 15 is 0 Å². The van der Waals surface area contributed by atoms with Gasteiger partial charge in [0.2, 0.25) is 0 Å². The molecule has 0 aliphatic carbocycles. The van der Waals surface area contributed by atoms with Gasteiger partial charge in [-0.2, -0.15) is 0 Å². The average Bonchev–Trinajstić information content (AvgIpc) is 2.86. The molecule has 200 valence electrons. The third-order valence-corrected chi connectivity index (χ3v) is 5.18. The molecule has 15 heteroatoms. The van der Waals surface area contributed by atoms with E-state index in [9.17, 15) is 27.1 Å². The maximum Gasteiger partial charge on any atom is 0.325 e. The van der Waals surface area contributed by atoms with Crippen molar-refractivity contribution in [1.82, 2.24) is 9.44 Å². The highest BCUT2D eigenvalue weighted by atomic mass is 35.5. The Morgan fingerprint density at radius 1 is 0.750 bits per heavy atom. The molecule has 0 heterocycles. The van der Waals surface area contributed by atoms with Gasteiger partial charge in [-0.25, -0.2) is 9.44 Å². The largest absolute Gasteiger partial charge is 0.760 e. The Kier molecular flexibility index (Phi) is 19.6. The summed E-state index contributed by atoms with van der Waals surface area (Å²) in [6.45, 7) is 2.00. The van der Waals surface area contributed by atoms with E-state index in [-0.39, 0.29) is 25.0 Å². The molecule has 0 saturated heterocycles. The summed E-state index contributed by atoms with van der Waals surface area (Å²) in [5, 5.41) is 0. The third-order valence-electron chi connectivity index (χ3n) is 4.00. The first-order valence-electron chi connectivity index (χ1n) is 9.79. The van der Waals surface area contributed by atoms with Crippen molar-refractivity contribution < 1.29 is 41.4 Å². The van der Waals surface area contributed by atoms with Gasteiger partial charge in [0.05, 0.1) is 0 Å². The van der Waals surface area contributed by atoms with Crippen molar-refractivity contribution in [1.29, 1.82) is 0 Å². The van der Waals surface area contributed by atoms with Crippen molar-refractivity contribution in [3.05, 3.63) is 71.8 Å². The predicted octanol–water partition coefficient (Wildman–Crippen LogP) is 1.26. The zero-order valence-electron chi connectivity index (χ0n) is 18.7. The standard InChI is InChI=1S/2C10H12ClNO4S.CH2O/c2*11-7-16-10(13)9(12-17(14)15)6-8-4-2-1-3-5-8;1-2/h2*1-5,9,12H,6-7H2,(H,14,15);1H2/p-2/t2*9-;/m00./s1. The van der Waals surface area contributed by atoms with Crippen LogP contribution in [0.3, 0.4) is 0 Å². The summed E-state index contributed by atoms with van der Waals surface area (Å²) in [7, 11) is 0. The average molecular weight is 583 g/mol. The van der Waals surface area contributed by atoms with Crippen LogP contribution in [0.4, 0.5) is 0 Å². The monoisotopic (exact) mass is 582 g/mol. The Bertz CT molecular complexity index is 868. The molecule has 36 heavy (non-hydrogen) atoms. The van der Waals surface area contributed by atoms with Crippen LogP contribution < -0.4 is 9.44 Å². The number of halogens is 2. The zero-order valence-corrected chi connectivity index (χ0v) is 21.9. The molecule has 2 aromatic rings. The van der Waals surface area contributed by atoms with Crippen molar-refractivity contribution in [2.24, 2.45) is 0 Å². The summed E-state index contributed by atoms with van der Waals surface area (Å²) < 4.78 is 55.6. The van der Waals surface area contributed by atoms with Gasteiger partial charge >= 0.3 is 11.9 Å². The summed E-state index contributed by atoms with van der Waals surface area (Å²) >= 11 is 5.44. The Hall–Kier alpha value is -2.23. The van der Waals surface area contributed by atoms with Crippen LogP contribution >= 0.6 is 23.2 Å². The fraction of sp³-hybridized carbons (Fsp3) is 0.286. The number of nitrogens with one attached hydrogen (secondary N) is 2. The lowest BCUT2D eigenvalue weighted by Gasteiger charge is -2.18. The lowest BCUT2D eigenvalue weighted by atomic mass is 10.1. The second-order valence-electron chi connectivity index (χ2n) is 6.33. The van der Waals surface area contributed by atoms with Gasteiger partial charge in [-0.1, -0.05) is 83.9 Å². The SMILES string of the molecule is C=O.O=C(OCCl)[C@H](Cc1ccccc1)NS(=O)[O-].O=C(OCCl)[C@H](Cc1ccccc1)NS(=O)[O-]. The molecule has 0 amide bonds. The summed E-state index contributed by atoms with van der Waals surface area (Å²) in [5.74, 6) is -1.40. The highest BCUT2D eigenvalue weighted by molar-refractivity contribution is 7.77. The van der Waals surface area contributed by atoms with Crippen LogP contribution in [0.25, 0.3) is 0 Å². The van der Waals surface area contributed by atoms with Crippen molar-refractivity contribution in [2.45, 2.75) is 24.9 Å². The van der Waals surface area contributed by atoms with E-state index in [4.69, 9.17) is 28.0 Å². The van der Waals surface area contributed by atoms with Crippen LogP contribution in [-0.4, -0.2) is 60.5 Å². The Labute approximate surface area is 223 Å². The molecule has 4 atom stereocenters. The van der Waals surface area contributed by atoms with Crippen LogP contribution in [0.2, 0.25) is 0 Å². The number of ether oxygens (including phenoxy) is 2. The second-order valence-corrected chi connectivity index (χ2v) is 8.18. The first kappa shape index (κ1) is 33.8. The summed E-state index contributed by atoms with van der Waals surface area (Å²) in [6, 6.07) is 15.5. The van der Waals surface area contributed by atoms with Crippen molar-refractivity contribution in [3.63, 3.8) is 0 Å². The van der Waals surface area contributed by atoms with E-state index in [1.54, 1.807) is 48.5 Å². The molecule has 11 nitrogen and oxygen atoms in total. The third kappa shape index (κ3) is 15.7. The van der Waals surface area contributed by atoms with Gasteiger partial charge in [0.1, 0.15) is 18.9 Å². The topological polar surface area (TPSA) is 174 Å². The van der Waals surface area contributed by atoms with E-state index < -0.39 is 46.6 Å². The molecule has 2 unspecified atom stereocenters. The van der Waals surface area contributed by atoms with Crippen molar-refractivity contribution >= 4 is 64.5 Å². The quantitative estimate of drug-likeness (QED) is 0.212. The molecular weight excluding hydrogens is 559 g/mol. The Morgan fingerprint density at radius 2 is 1.06 bits per heavy atom. The molecule has 0 radical (unpaired) electrons. The van der Waals surface area contributed by atoms with Gasteiger partial charge < -0.3 is 23.4 Å². The van der Waals surface area contributed by atoms with E-state index in [0.717, 1.165) is 11.1 Å². The van der Waals surface area contributed by atoms with Crippen LogP contribution in [0.15, 0.2) is 60.7 Å². The van der Waals surface area contributed by atoms with E-state index in [2.05, 4.69) is 18.9 Å². The van der Waals surface area contributed by atoms with Gasteiger partial charge in [-0.05, 0) is 24.0 Å². The fourth-order valence-electron chi connectivity index (χ4n) is 2.59. The second kappa shape index (κ2) is 20.9. The van der Waals surface area contributed by atoms with Crippen molar-refractivity contribution in [3.8, 4) is 0 Å². The predicted molar refractivity (Wildman–Crippen MR) is 133 cm³/mol. The number of hydrogen-bond donors (Lipinski definition) is 2. The molecule has 2 aromatic carbocycles. The molecule has 0 saturated carbocycles. The number of benzene rings is 2. The van der Waals surface area contributed by atoms with Crippen LogP contribution in [0, 0.1) is 0 Å². The minimum Gasteiger partial charge on any atom is -0.760 e. The molecule has 0 aliphatic heterocycles. The molecule has 0 bridgehead atoms. The molecule has 2 N–H and O–H groups in total. The maximum atomic E-state index is 11.4. The smallest absolute Gasteiger partial charge is 0.325 e. The van der Waals surface area contributed by atoms with Gasteiger partial charge in [0, 0.05) is 22.5 Å². The first-order valence-corrected chi connectivity index (χ1v) is 13.0. The van der Waals surface area contributed by atoms with E-state index in [1.165, 1.54) is 0 Å². The summed E-state index contributed by atoms with van der Waals surface area (Å²) in [6.07, 6.45) is 0.426. The Morgan fingerprint density at radius 3 is 1.31 bits per heavy atom. The maximum absolute atomic E-state index is 11.4. The van der Waals surface area contributed by atoms with Gasteiger partial charge in [-0.15, -0.1) is 0 Å². The van der Waals surface area contributed by atoms with Crippen LogP contribution in [0.5, 0.6) is 0 Å². The highest BCUT2D eigenvalue weighted by Crippen LogP contribution is 2.06. The molecule has 0 aliphatic rings. The number of alkyl halides is 2. The molecule has 0 spiro atoms. The molecular formula is C21H24Cl2N2O9S2-2. The minimum atomic E-state index is -2.54. The van der Waals surface area contributed by atoms with Crippen molar-refractivity contribution in [2.75, 3.05) is 12.1 Å². The Balaban J connectivity index is 0.000000637. The fourth-order valence-corrected chi connectivity index (χ4v) is 3.63. The van der Waals surface area contributed by atoms with E-state index in [1.807, 2.05) is 18.9 Å². The summed E-state index contributed by atoms with van der Waals surface area (Å²) in [5.41, 5.74) is 1.64. The minimum absolute atomic E-state index is 0.213. The number of carbonyl (C=O) groups is 3. The van der Waals surface area contributed by atoms with Crippen LogP contribution in [0.1, 0.15) is 11.1 Å².